The summed E-state index contributed by atoms with van der Waals surface area (Å²) in [5.74, 6) is 0. The van der Waals surface area contributed by atoms with E-state index in [1.54, 1.807) is 0 Å². The van der Waals surface area contributed by atoms with Crippen LogP contribution in [0.25, 0.3) is 0 Å². The number of aliphatic hydroxyl groups is 1. The lowest BCUT2D eigenvalue weighted by Gasteiger charge is -2.03. The van der Waals surface area contributed by atoms with Crippen molar-refractivity contribution in [2.45, 2.75) is 18.6 Å². The Labute approximate surface area is 47.7 Å². The number of hydrogen-bond donors (Lipinski definition) is 2. The molecule has 1 saturated heterocycles. The maximum Gasteiger partial charge on any atom is 0.139 e. The largest absolute Gasteiger partial charge is 0.391 e. The molecule has 0 aromatic rings. The van der Waals surface area contributed by atoms with Gasteiger partial charge in [-0.05, 0) is 13.0 Å². The zero-order chi connectivity index (χ0) is 5.98. The van der Waals surface area contributed by atoms with Gasteiger partial charge in [-0.1, -0.05) is 0 Å². The standard InChI is InChI=1S/C5H9NO2/c7-3-4-5(8)1-2-6-4/h3-6,8H,1-2H2/t4-,5+/m1/s1. The highest BCUT2D eigenvalue weighted by molar-refractivity contribution is 5.59. The molecule has 0 unspecified atom stereocenters. The highest BCUT2D eigenvalue weighted by atomic mass is 16.3. The molecular weight excluding hydrogens is 106 g/mol. The average molecular weight is 115 g/mol. The van der Waals surface area contributed by atoms with Gasteiger partial charge in [0.05, 0.1) is 12.1 Å². The molecule has 3 heteroatoms. The second-order valence-corrected chi connectivity index (χ2v) is 1.97. The van der Waals surface area contributed by atoms with E-state index in [0.29, 0.717) is 6.42 Å². The molecule has 2 atom stereocenters. The van der Waals surface area contributed by atoms with Crippen molar-refractivity contribution >= 4 is 6.29 Å². The summed E-state index contributed by atoms with van der Waals surface area (Å²) in [7, 11) is 0. The molecule has 2 N–H and O–H groups in total. The van der Waals surface area contributed by atoms with Crippen molar-refractivity contribution in [3.05, 3.63) is 0 Å². The molecule has 0 spiro atoms. The Kier molecular flexibility index (Phi) is 1.60. The Hall–Kier alpha value is -0.410. The summed E-state index contributed by atoms with van der Waals surface area (Å²) in [5, 5.41) is 11.7. The maximum absolute atomic E-state index is 10.00. The van der Waals surface area contributed by atoms with Crippen molar-refractivity contribution in [1.82, 2.24) is 5.32 Å². The normalized spacial score (nSPS) is 37.6. The summed E-state index contributed by atoms with van der Waals surface area (Å²) in [6, 6.07) is -0.310. The fourth-order valence-corrected chi connectivity index (χ4v) is 0.852. The molecule has 3 nitrogen and oxygen atoms in total. The van der Waals surface area contributed by atoms with Crippen LogP contribution in [-0.4, -0.2) is 30.1 Å². The van der Waals surface area contributed by atoms with E-state index in [1.165, 1.54) is 0 Å². The molecule has 0 amide bonds. The number of aliphatic hydroxyl groups excluding tert-OH is 1. The SMILES string of the molecule is O=C[C@H]1NCC[C@@H]1O. The first-order valence-electron chi connectivity index (χ1n) is 2.71. The van der Waals surface area contributed by atoms with Gasteiger partial charge < -0.3 is 15.2 Å². The van der Waals surface area contributed by atoms with Crippen molar-refractivity contribution in [2.24, 2.45) is 0 Å². The molecule has 0 aromatic carbocycles. The van der Waals surface area contributed by atoms with Crippen molar-refractivity contribution in [1.29, 1.82) is 0 Å². The Morgan fingerprint density at radius 1 is 1.75 bits per heavy atom. The monoisotopic (exact) mass is 115 g/mol. The highest BCUT2D eigenvalue weighted by Gasteiger charge is 2.22. The molecular formula is C5H9NO2. The lowest BCUT2D eigenvalue weighted by Crippen LogP contribution is -2.31. The summed E-state index contributed by atoms with van der Waals surface area (Å²) in [6.45, 7) is 0.755. The lowest BCUT2D eigenvalue weighted by molar-refractivity contribution is -0.110. The summed E-state index contributed by atoms with van der Waals surface area (Å²) in [6.07, 6.45) is 0.994. The van der Waals surface area contributed by atoms with Crippen molar-refractivity contribution in [3.63, 3.8) is 0 Å². The van der Waals surface area contributed by atoms with Crippen LogP contribution in [-0.2, 0) is 4.79 Å². The summed E-state index contributed by atoms with van der Waals surface area (Å²) < 4.78 is 0. The number of hydrogen-bond acceptors (Lipinski definition) is 3. The third kappa shape index (κ3) is 0.877. The van der Waals surface area contributed by atoms with E-state index in [9.17, 15) is 4.79 Å². The first-order valence-corrected chi connectivity index (χ1v) is 2.71. The zero-order valence-corrected chi connectivity index (χ0v) is 4.50. The Morgan fingerprint density at radius 2 is 2.50 bits per heavy atom. The molecule has 1 aliphatic rings. The van der Waals surface area contributed by atoms with Crippen LogP contribution in [0, 0.1) is 0 Å². The molecule has 0 saturated carbocycles. The minimum atomic E-state index is -0.451. The van der Waals surface area contributed by atoms with E-state index < -0.39 is 6.10 Å². The third-order valence-electron chi connectivity index (χ3n) is 1.38. The summed E-state index contributed by atoms with van der Waals surface area (Å²) in [4.78, 5) is 10.00. The molecule has 0 radical (unpaired) electrons. The molecule has 46 valence electrons. The molecule has 1 rings (SSSR count). The van der Waals surface area contributed by atoms with Crippen molar-refractivity contribution < 1.29 is 9.90 Å². The second-order valence-electron chi connectivity index (χ2n) is 1.97. The number of rotatable bonds is 1. The number of nitrogens with one attached hydrogen (secondary N) is 1. The maximum atomic E-state index is 10.00. The predicted octanol–water partition coefficient (Wildman–Crippen LogP) is -1.09. The first-order chi connectivity index (χ1) is 3.84. The van der Waals surface area contributed by atoms with Gasteiger partial charge in [-0.3, -0.25) is 0 Å². The van der Waals surface area contributed by atoms with E-state index >= 15 is 0 Å². The highest BCUT2D eigenvalue weighted by Crippen LogP contribution is 2.02. The second kappa shape index (κ2) is 2.24. The van der Waals surface area contributed by atoms with Crippen LogP contribution in [0.3, 0.4) is 0 Å². The predicted molar refractivity (Wildman–Crippen MR) is 28.5 cm³/mol. The van der Waals surface area contributed by atoms with Crippen LogP contribution < -0.4 is 5.32 Å². The van der Waals surface area contributed by atoms with Crippen LogP contribution in [0.2, 0.25) is 0 Å². The fourth-order valence-electron chi connectivity index (χ4n) is 0.852. The first kappa shape index (κ1) is 5.72. The van der Waals surface area contributed by atoms with Crippen LogP contribution >= 0.6 is 0 Å². The van der Waals surface area contributed by atoms with Crippen LogP contribution in [0.5, 0.6) is 0 Å². The van der Waals surface area contributed by atoms with E-state index in [-0.39, 0.29) is 6.04 Å². The summed E-state index contributed by atoms with van der Waals surface area (Å²) >= 11 is 0. The minimum absolute atomic E-state index is 0.310. The Bertz CT molecular complexity index is 94.4. The quantitative estimate of drug-likeness (QED) is 0.427. The Morgan fingerprint density at radius 3 is 2.75 bits per heavy atom. The smallest absolute Gasteiger partial charge is 0.139 e. The topological polar surface area (TPSA) is 49.3 Å². The Balaban J connectivity index is 2.41. The van der Waals surface area contributed by atoms with E-state index in [1.807, 2.05) is 0 Å². The van der Waals surface area contributed by atoms with Gasteiger partial charge in [-0.2, -0.15) is 0 Å². The van der Waals surface area contributed by atoms with Gasteiger partial charge in [0.25, 0.3) is 0 Å². The minimum Gasteiger partial charge on any atom is -0.391 e. The number of carbonyl (C=O) groups excluding carboxylic acids is 1. The number of carbonyl (C=O) groups is 1. The molecule has 1 fully saturated rings. The fraction of sp³-hybridized carbons (Fsp3) is 0.800. The van der Waals surface area contributed by atoms with Crippen LogP contribution in [0.4, 0.5) is 0 Å². The van der Waals surface area contributed by atoms with Gasteiger partial charge in [0, 0.05) is 0 Å². The van der Waals surface area contributed by atoms with Gasteiger partial charge in [-0.25, -0.2) is 0 Å². The molecule has 1 heterocycles. The molecule has 8 heavy (non-hydrogen) atoms. The van der Waals surface area contributed by atoms with Crippen LogP contribution in [0.15, 0.2) is 0 Å². The zero-order valence-electron chi connectivity index (χ0n) is 4.50. The van der Waals surface area contributed by atoms with Crippen LogP contribution in [0.1, 0.15) is 6.42 Å². The lowest BCUT2D eigenvalue weighted by atomic mass is 10.2. The van der Waals surface area contributed by atoms with E-state index in [2.05, 4.69) is 5.32 Å². The third-order valence-corrected chi connectivity index (χ3v) is 1.38. The van der Waals surface area contributed by atoms with Crippen molar-refractivity contribution in [3.8, 4) is 0 Å². The van der Waals surface area contributed by atoms with Gasteiger partial charge in [0.1, 0.15) is 6.29 Å². The number of aldehydes is 1. The average Bonchev–Trinajstić information content (AvgIpc) is 2.14. The van der Waals surface area contributed by atoms with E-state index in [0.717, 1.165) is 12.8 Å². The molecule has 0 bridgehead atoms. The van der Waals surface area contributed by atoms with Gasteiger partial charge in [0.2, 0.25) is 0 Å². The molecule has 1 aliphatic heterocycles. The van der Waals surface area contributed by atoms with Crippen molar-refractivity contribution in [2.75, 3.05) is 6.54 Å². The molecule has 0 aromatic heterocycles. The van der Waals surface area contributed by atoms with Gasteiger partial charge in [-0.15, -0.1) is 0 Å². The summed E-state index contributed by atoms with van der Waals surface area (Å²) in [5.41, 5.74) is 0. The van der Waals surface area contributed by atoms with E-state index in [4.69, 9.17) is 5.11 Å². The molecule has 0 aliphatic carbocycles. The van der Waals surface area contributed by atoms with Gasteiger partial charge >= 0.3 is 0 Å². The van der Waals surface area contributed by atoms with Gasteiger partial charge in [0.15, 0.2) is 0 Å².